The van der Waals surface area contributed by atoms with Crippen LogP contribution in [0.4, 0.5) is 0 Å². The van der Waals surface area contributed by atoms with Crippen LogP contribution in [-0.4, -0.2) is 31.2 Å². The van der Waals surface area contributed by atoms with Crippen molar-refractivity contribution in [2.24, 2.45) is 0 Å². The molecule has 14 heavy (non-hydrogen) atoms. The van der Waals surface area contributed by atoms with Gasteiger partial charge in [-0.1, -0.05) is 6.92 Å². The van der Waals surface area contributed by atoms with E-state index in [0.717, 1.165) is 12.7 Å². The molecule has 1 rings (SSSR count). The summed E-state index contributed by atoms with van der Waals surface area (Å²) in [5, 5.41) is -0.203. The molecule has 6 heteroatoms. The van der Waals surface area contributed by atoms with Crippen LogP contribution in [0.25, 0.3) is 0 Å². The van der Waals surface area contributed by atoms with Gasteiger partial charge >= 0.3 is 0 Å². The van der Waals surface area contributed by atoms with Gasteiger partial charge in [0.15, 0.2) is 0 Å². The predicted octanol–water partition coefficient (Wildman–Crippen LogP) is 0.669. The summed E-state index contributed by atoms with van der Waals surface area (Å²) in [4.78, 5) is 7.40. The van der Waals surface area contributed by atoms with Crippen LogP contribution >= 0.6 is 0 Å². The van der Waals surface area contributed by atoms with E-state index in [0.29, 0.717) is 12.5 Å². The lowest BCUT2D eigenvalue weighted by Crippen LogP contribution is -2.06. The van der Waals surface area contributed by atoms with E-state index in [-0.39, 0.29) is 5.16 Å². The van der Waals surface area contributed by atoms with Crippen LogP contribution in [0.5, 0.6) is 5.88 Å². The van der Waals surface area contributed by atoms with Crippen molar-refractivity contribution in [1.82, 2.24) is 9.97 Å². The minimum atomic E-state index is -3.35. The molecule has 0 aliphatic heterocycles. The van der Waals surface area contributed by atoms with Crippen LogP contribution < -0.4 is 4.74 Å². The first-order valence-electron chi connectivity index (χ1n) is 4.20. The van der Waals surface area contributed by atoms with E-state index in [2.05, 4.69) is 9.97 Å². The second kappa shape index (κ2) is 4.36. The number of hydrogen-bond donors (Lipinski definition) is 0. The minimum absolute atomic E-state index is 0.203. The maximum absolute atomic E-state index is 11.1. The predicted molar refractivity (Wildman–Crippen MR) is 50.9 cm³/mol. The Morgan fingerprint density at radius 1 is 1.50 bits per heavy atom. The monoisotopic (exact) mass is 216 g/mol. The summed E-state index contributed by atoms with van der Waals surface area (Å²) in [5.74, 6) is 0.294. The van der Waals surface area contributed by atoms with Crippen LogP contribution in [0.15, 0.2) is 17.4 Å². The summed E-state index contributed by atoms with van der Waals surface area (Å²) in [6.07, 6.45) is 3.28. The van der Waals surface area contributed by atoms with Crippen molar-refractivity contribution in [3.05, 3.63) is 12.3 Å². The Bertz CT molecular complexity index is 403. The zero-order valence-electron chi connectivity index (χ0n) is 8.10. The van der Waals surface area contributed by atoms with Gasteiger partial charge in [0.1, 0.15) is 0 Å². The van der Waals surface area contributed by atoms with Gasteiger partial charge in [-0.05, 0) is 6.42 Å². The molecule has 0 aromatic carbocycles. The van der Waals surface area contributed by atoms with Crippen LogP contribution in [0, 0.1) is 0 Å². The Hall–Kier alpha value is -1.17. The van der Waals surface area contributed by atoms with Crippen LogP contribution in [0.2, 0.25) is 0 Å². The highest BCUT2D eigenvalue weighted by Gasteiger charge is 2.11. The molecular formula is C8H12N2O3S. The van der Waals surface area contributed by atoms with Gasteiger partial charge in [0.05, 0.1) is 6.61 Å². The van der Waals surface area contributed by atoms with Gasteiger partial charge < -0.3 is 4.74 Å². The van der Waals surface area contributed by atoms with E-state index in [9.17, 15) is 8.42 Å². The standard InChI is InChI=1S/C8H12N2O3S/c1-3-6-13-7-4-5-9-8(10-7)14(2,11)12/h4-5H,3,6H2,1-2H3. The van der Waals surface area contributed by atoms with E-state index in [1.807, 2.05) is 6.92 Å². The van der Waals surface area contributed by atoms with Crippen LogP contribution in [0.1, 0.15) is 13.3 Å². The molecule has 0 saturated heterocycles. The van der Waals surface area contributed by atoms with Crippen molar-refractivity contribution in [3.63, 3.8) is 0 Å². The molecule has 0 saturated carbocycles. The summed E-state index contributed by atoms with van der Waals surface area (Å²) >= 11 is 0. The van der Waals surface area contributed by atoms with E-state index in [1.165, 1.54) is 12.3 Å². The first-order chi connectivity index (χ1) is 6.54. The van der Waals surface area contributed by atoms with Crippen LogP contribution in [0.3, 0.4) is 0 Å². The number of ether oxygens (including phenoxy) is 1. The first kappa shape index (κ1) is 10.9. The molecule has 78 valence electrons. The molecule has 5 nitrogen and oxygen atoms in total. The molecule has 0 N–H and O–H groups in total. The van der Waals surface area contributed by atoms with Gasteiger partial charge in [-0.3, -0.25) is 0 Å². The maximum Gasteiger partial charge on any atom is 0.250 e. The lowest BCUT2D eigenvalue weighted by atomic mass is 10.5. The zero-order valence-corrected chi connectivity index (χ0v) is 8.91. The largest absolute Gasteiger partial charge is 0.478 e. The molecule has 1 heterocycles. The normalized spacial score (nSPS) is 11.3. The number of sulfone groups is 1. The van der Waals surface area contributed by atoms with Crippen molar-refractivity contribution < 1.29 is 13.2 Å². The highest BCUT2D eigenvalue weighted by atomic mass is 32.2. The SMILES string of the molecule is CCCOc1ccnc(S(C)(=O)=O)n1. The van der Waals surface area contributed by atoms with Gasteiger partial charge in [0, 0.05) is 18.5 Å². The van der Waals surface area contributed by atoms with Crippen molar-refractivity contribution in [2.75, 3.05) is 12.9 Å². The second-order valence-electron chi connectivity index (χ2n) is 2.80. The van der Waals surface area contributed by atoms with E-state index in [1.54, 1.807) is 0 Å². The fourth-order valence-corrected chi connectivity index (χ4v) is 1.30. The molecule has 0 radical (unpaired) electrons. The highest BCUT2D eigenvalue weighted by Crippen LogP contribution is 2.08. The fourth-order valence-electron chi connectivity index (χ4n) is 0.791. The molecule has 0 aliphatic carbocycles. The number of hydrogen-bond acceptors (Lipinski definition) is 5. The Balaban J connectivity index is 2.90. The molecule has 0 atom stereocenters. The summed E-state index contributed by atoms with van der Waals surface area (Å²) in [5.41, 5.74) is 0. The molecule has 0 spiro atoms. The van der Waals surface area contributed by atoms with E-state index in [4.69, 9.17) is 4.74 Å². The van der Waals surface area contributed by atoms with E-state index < -0.39 is 9.84 Å². The lowest BCUT2D eigenvalue weighted by Gasteiger charge is -2.03. The second-order valence-corrected chi connectivity index (χ2v) is 4.71. The Morgan fingerprint density at radius 2 is 2.21 bits per heavy atom. The van der Waals surface area contributed by atoms with Gasteiger partial charge in [0.2, 0.25) is 20.9 Å². The van der Waals surface area contributed by atoms with Crippen molar-refractivity contribution >= 4 is 9.84 Å². The molecule has 0 amide bonds. The topological polar surface area (TPSA) is 69.2 Å². The fraction of sp³-hybridized carbons (Fsp3) is 0.500. The molecular weight excluding hydrogens is 204 g/mol. The molecule has 0 fully saturated rings. The summed E-state index contributed by atoms with van der Waals surface area (Å²) in [7, 11) is -3.35. The lowest BCUT2D eigenvalue weighted by molar-refractivity contribution is 0.301. The summed E-state index contributed by atoms with van der Waals surface area (Å²) in [6, 6.07) is 1.53. The van der Waals surface area contributed by atoms with Gasteiger partial charge in [-0.15, -0.1) is 0 Å². The third-order valence-corrected chi connectivity index (χ3v) is 2.25. The van der Waals surface area contributed by atoms with Crippen molar-refractivity contribution in [1.29, 1.82) is 0 Å². The molecule has 0 bridgehead atoms. The Kier molecular flexibility index (Phi) is 3.40. The average Bonchev–Trinajstić information content (AvgIpc) is 2.14. The minimum Gasteiger partial charge on any atom is -0.478 e. The van der Waals surface area contributed by atoms with Gasteiger partial charge in [-0.25, -0.2) is 13.4 Å². The van der Waals surface area contributed by atoms with Gasteiger partial charge in [-0.2, -0.15) is 4.98 Å². The van der Waals surface area contributed by atoms with Crippen molar-refractivity contribution in [3.8, 4) is 5.88 Å². The third kappa shape index (κ3) is 2.95. The van der Waals surface area contributed by atoms with Crippen molar-refractivity contribution in [2.45, 2.75) is 18.5 Å². The first-order valence-corrected chi connectivity index (χ1v) is 6.09. The molecule has 0 aliphatic rings. The third-order valence-electron chi connectivity index (χ3n) is 1.39. The molecule has 0 unspecified atom stereocenters. The summed E-state index contributed by atoms with van der Waals surface area (Å²) < 4.78 is 27.3. The Morgan fingerprint density at radius 3 is 2.79 bits per heavy atom. The Labute approximate surface area is 83.1 Å². The molecule has 1 aromatic heterocycles. The van der Waals surface area contributed by atoms with E-state index >= 15 is 0 Å². The average molecular weight is 216 g/mol. The number of aromatic nitrogens is 2. The highest BCUT2D eigenvalue weighted by molar-refractivity contribution is 7.90. The number of rotatable bonds is 4. The maximum atomic E-state index is 11.1. The summed E-state index contributed by atoms with van der Waals surface area (Å²) in [6.45, 7) is 2.47. The van der Waals surface area contributed by atoms with Gasteiger partial charge in [0.25, 0.3) is 0 Å². The van der Waals surface area contributed by atoms with Crippen LogP contribution in [-0.2, 0) is 9.84 Å². The number of nitrogens with zero attached hydrogens (tertiary/aromatic N) is 2. The molecule has 1 aromatic rings. The smallest absolute Gasteiger partial charge is 0.250 e. The zero-order chi connectivity index (χ0) is 10.6. The quantitative estimate of drug-likeness (QED) is 0.692.